The van der Waals surface area contributed by atoms with Gasteiger partial charge in [0.15, 0.2) is 0 Å². The summed E-state index contributed by atoms with van der Waals surface area (Å²) in [4.78, 5) is 8.69. The summed E-state index contributed by atoms with van der Waals surface area (Å²) >= 11 is 8.15. The number of nitrogens with zero attached hydrogens (tertiary/aromatic N) is 3. The molecule has 0 amide bonds. The van der Waals surface area contributed by atoms with Gasteiger partial charge in [0.05, 0.1) is 25.6 Å². The van der Waals surface area contributed by atoms with Gasteiger partial charge in [-0.3, -0.25) is 4.90 Å². The van der Waals surface area contributed by atoms with E-state index in [0.717, 1.165) is 38.9 Å². The predicted molar refractivity (Wildman–Crippen MR) is 101 cm³/mol. The van der Waals surface area contributed by atoms with Crippen LogP contribution in [0.5, 0.6) is 0 Å². The lowest BCUT2D eigenvalue weighted by atomic mass is 10.0. The standard InChI is InChI=1S/C18H26ClN3OS/c1-14-3-2-4-20(10-14)13-21-11-16(22-5-7-23-8-6-22)15-9-18(19)24-17(15)12-21/h9,11-12,14,18H,2-8,10,13H2,1H3. The van der Waals surface area contributed by atoms with Gasteiger partial charge in [0, 0.05) is 42.5 Å². The third kappa shape index (κ3) is 3.64. The van der Waals surface area contributed by atoms with E-state index < -0.39 is 0 Å². The molecule has 0 aromatic rings. The Morgan fingerprint density at radius 2 is 2.08 bits per heavy atom. The number of likely N-dealkylation sites (tertiary alicyclic amines) is 1. The van der Waals surface area contributed by atoms with Crippen LogP contribution in [-0.4, -0.2) is 65.5 Å². The van der Waals surface area contributed by atoms with Crippen LogP contribution in [0, 0.1) is 5.92 Å². The van der Waals surface area contributed by atoms with Crippen molar-refractivity contribution in [1.29, 1.82) is 0 Å². The zero-order valence-corrected chi connectivity index (χ0v) is 15.9. The van der Waals surface area contributed by atoms with Crippen molar-refractivity contribution in [3.63, 3.8) is 0 Å². The van der Waals surface area contributed by atoms with Gasteiger partial charge in [-0.2, -0.15) is 0 Å². The van der Waals surface area contributed by atoms with Crippen molar-refractivity contribution >= 4 is 23.4 Å². The smallest absolute Gasteiger partial charge is 0.103 e. The van der Waals surface area contributed by atoms with E-state index in [2.05, 4.69) is 40.1 Å². The molecule has 132 valence electrons. The van der Waals surface area contributed by atoms with Gasteiger partial charge < -0.3 is 14.5 Å². The fourth-order valence-electron chi connectivity index (χ4n) is 3.94. The zero-order chi connectivity index (χ0) is 16.5. The molecule has 0 aromatic carbocycles. The van der Waals surface area contributed by atoms with E-state index in [4.69, 9.17) is 16.3 Å². The number of allylic oxidation sites excluding steroid dienone is 1. The molecule has 2 fully saturated rings. The number of morpholine rings is 1. The first kappa shape index (κ1) is 16.8. The van der Waals surface area contributed by atoms with Crippen LogP contribution in [0.15, 0.2) is 34.7 Å². The molecule has 4 aliphatic heterocycles. The van der Waals surface area contributed by atoms with E-state index in [-0.39, 0.29) is 4.71 Å². The van der Waals surface area contributed by atoms with Gasteiger partial charge in [-0.05, 0) is 31.4 Å². The number of hydrogen-bond donors (Lipinski definition) is 0. The number of alkyl halides is 1. The molecule has 6 heteroatoms. The van der Waals surface area contributed by atoms with Crippen LogP contribution in [0.2, 0.25) is 0 Å². The van der Waals surface area contributed by atoms with Crippen LogP contribution < -0.4 is 0 Å². The second kappa shape index (κ2) is 7.32. The van der Waals surface area contributed by atoms with Crippen molar-refractivity contribution in [2.75, 3.05) is 46.1 Å². The maximum atomic E-state index is 6.40. The number of rotatable bonds is 3. The highest BCUT2D eigenvalue weighted by atomic mass is 35.5. The summed E-state index contributed by atoms with van der Waals surface area (Å²) in [6, 6.07) is 0. The highest BCUT2D eigenvalue weighted by Gasteiger charge is 2.30. The molecular formula is C18H26ClN3OS. The Morgan fingerprint density at radius 1 is 1.25 bits per heavy atom. The molecule has 0 aliphatic carbocycles. The molecular weight excluding hydrogens is 342 g/mol. The molecule has 0 aromatic heterocycles. The Labute approximate surface area is 154 Å². The van der Waals surface area contributed by atoms with Crippen molar-refractivity contribution in [1.82, 2.24) is 14.7 Å². The number of ether oxygens (including phenoxy) is 1. The lowest BCUT2D eigenvalue weighted by molar-refractivity contribution is 0.0535. The molecule has 0 bridgehead atoms. The maximum absolute atomic E-state index is 6.40. The quantitative estimate of drug-likeness (QED) is 0.711. The van der Waals surface area contributed by atoms with Crippen molar-refractivity contribution in [2.45, 2.75) is 24.5 Å². The summed E-state index contributed by atoms with van der Waals surface area (Å²) in [5.74, 6) is 0.808. The molecule has 0 radical (unpaired) electrons. The second-order valence-corrected chi connectivity index (χ2v) is 9.05. The lowest BCUT2D eigenvalue weighted by Gasteiger charge is -2.38. The summed E-state index contributed by atoms with van der Waals surface area (Å²) in [7, 11) is 0. The van der Waals surface area contributed by atoms with E-state index in [9.17, 15) is 0 Å². The van der Waals surface area contributed by atoms with Crippen LogP contribution in [0.1, 0.15) is 19.8 Å². The van der Waals surface area contributed by atoms with Crippen molar-refractivity contribution in [3.8, 4) is 0 Å². The normalized spacial score (nSPS) is 31.5. The molecule has 2 saturated heterocycles. The van der Waals surface area contributed by atoms with Crippen LogP contribution in [0.4, 0.5) is 0 Å². The molecule has 2 unspecified atom stereocenters. The van der Waals surface area contributed by atoms with Crippen molar-refractivity contribution in [2.24, 2.45) is 5.92 Å². The predicted octanol–water partition coefficient (Wildman–Crippen LogP) is 3.24. The van der Waals surface area contributed by atoms with E-state index in [1.807, 2.05) is 0 Å². The Hall–Kier alpha value is -0.620. The Bertz CT molecular complexity index is 571. The molecule has 4 aliphatic rings. The second-order valence-electron chi connectivity index (χ2n) is 7.14. The lowest BCUT2D eigenvalue weighted by Crippen LogP contribution is -2.42. The van der Waals surface area contributed by atoms with Gasteiger partial charge in [0.25, 0.3) is 0 Å². The van der Waals surface area contributed by atoms with Crippen LogP contribution in [-0.2, 0) is 4.74 Å². The summed E-state index contributed by atoms with van der Waals surface area (Å²) in [6.45, 7) is 9.29. The number of piperidine rings is 1. The average Bonchev–Trinajstić information content (AvgIpc) is 2.95. The van der Waals surface area contributed by atoms with E-state index in [1.165, 1.54) is 42.1 Å². The number of thioether (sulfide) groups is 1. The summed E-state index contributed by atoms with van der Waals surface area (Å²) in [5.41, 5.74) is 2.63. The molecule has 2 atom stereocenters. The molecule has 24 heavy (non-hydrogen) atoms. The van der Waals surface area contributed by atoms with Gasteiger partial charge in [-0.1, -0.05) is 18.7 Å². The first-order chi connectivity index (χ1) is 11.7. The fraction of sp³-hybridized carbons (Fsp3) is 0.667. The largest absolute Gasteiger partial charge is 0.378 e. The van der Waals surface area contributed by atoms with Crippen LogP contribution in [0.25, 0.3) is 0 Å². The number of halogens is 1. The first-order valence-corrected chi connectivity index (χ1v) is 10.3. The molecule has 0 spiro atoms. The van der Waals surface area contributed by atoms with E-state index in [0.29, 0.717) is 0 Å². The summed E-state index contributed by atoms with van der Waals surface area (Å²) < 4.78 is 5.57. The Kier molecular flexibility index (Phi) is 5.13. The summed E-state index contributed by atoms with van der Waals surface area (Å²) in [6.07, 6.45) is 9.47. The third-order valence-electron chi connectivity index (χ3n) is 5.11. The van der Waals surface area contributed by atoms with E-state index >= 15 is 0 Å². The van der Waals surface area contributed by atoms with Crippen molar-refractivity contribution < 1.29 is 4.74 Å². The summed E-state index contributed by atoms with van der Waals surface area (Å²) in [5, 5.41) is 0. The minimum atomic E-state index is 0.0469. The van der Waals surface area contributed by atoms with Gasteiger partial charge in [0.1, 0.15) is 4.71 Å². The monoisotopic (exact) mass is 367 g/mol. The highest BCUT2D eigenvalue weighted by molar-refractivity contribution is 8.05. The topological polar surface area (TPSA) is 19.0 Å². The van der Waals surface area contributed by atoms with Gasteiger partial charge >= 0.3 is 0 Å². The molecule has 4 rings (SSSR count). The number of hydrogen-bond acceptors (Lipinski definition) is 5. The molecule has 0 N–H and O–H groups in total. The van der Waals surface area contributed by atoms with Gasteiger partial charge in [0.2, 0.25) is 0 Å². The fourth-order valence-corrected chi connectivity index (χ4v) is 5.30. The first-order valence-electron chi connectivity index (χ1n) is 8.97. The SMILES string of the molecule is CC1CCCN(CN2C=C3SC(Cl)C=C3C(N3CCOCC3)=C2)C1. The number of fused-ring (bicyclic) bond motifs is 1. The Balaban J connectivity index is 1.53. The Morgan fingerprint density at radius 3 is 2.88 bits per heavy atom. The zero-order valence-electron chi connectivity index (χ0n) is 14.3. The van der Waals surface area contributed by atoms with Gasteiger partial charge in [-0.25, -0.2) is 0 Å². The minimum Gasteiger partial charge on any atom is -0.378 e. The van der Waals surface area contributed by atoms with Crippen LogP contribution >= 0.6 is 23.4 Å². The highest BCUT2D eigenvalue weighted by Crippen LogP contribution is 2.45. The van der Waals surface area contributed by atoms with Crippen LogP contribution in [0.3, 0.4) is 0 Å². The van der Waals surface area contributed by atoms with E-state index in [1.54, 1.807) is 11.8 Å². The molecule has 4 heterocycles. The van der Waals surface area contributed by atoms with Crippen molar-refractivity contribution in [3.05, 3.63) is 34.7 Å². The molecule has 4 nitrogen and oxygen atoms in total. The maximum Gasteiger partial charge on any atom is 0.103 e. The average molecular weight is 368 g/mol. The minimum absolute atomic E-state index is 0.0469. The third-order valence-corrected chi connectivity index (χ3v) is 6.44. The van der Waals surface area contributed by atoms with Gasteiger partial charge in [-0.15, -0.1) is 11.6 Å². The molecule has 0 saturated carbocycles.